The number of tetrazole rings is 1. The van der Waals surface area contributed by atoms with E-state index in [1.807, 2.05) is 0 Å². The first-order valence-electron chi connectivity index (χ1n) is 8.76. The molecule has 2 heterocycles. The summed E-state index contributed by atoms with van der Waals surface area (Å²) in [7, 11) is 0. The number of azide groups is 1. The first kappa shape index (κ1) is 20.7. The van der Waals surface area contributed by atoms with Crippen molar-refractivity contribution >= 4 is 17.7 Å². The van der Waals surface area contributed by atoms with E-state index in [0.29, 0.717) is 11.3 Å². The van der Waals surface area contributed by atoms with Crippen LogP contribution in [0.2, 0.25) is 0 Å². The number of benzene rings is 1. The van der Waals surface area contributed by atoms with Crippen LogP contribution in [0, 0.1) is 0 Å². The van der Waals surface area contributed by atoms with E-state index in [4.69, 9.17) is 5.73 Å². The van der Waals surface area contributed by atoms with Gasteiger partial charge in [0.15, 0.2) is 5.82 Å². The molecule has 1 unspecified atom stereocenters. The maximum Gasteiger partial charge on any atom is 0.243 e. The number of hydrogen-bond acceptors (Lipinski definition) is 8. The minimum atomic E-state index is -1.51. The number of carbonyl (C=O) groups is 3. The van der Waals surface area contributed by atoms with Crippen LogP contribution < -0.4 is 16.4 Å². The molecular weight excluding hydrogens is 396 g/mol. The van der Waals surface area contributed by atoms with Gasteiger partial charge in [0.05, 0.1) is 12.3 Å². The van der Waals surface area contributed by atoms with Crippen molar-refractivity contribution in [2.24, 2.45) is 10.8 Å². The Kier molecular flexibility index (Phi) is 5.62. The van der Waals surface area contributed by atoms with E-state index in [9.17, 15) is 25.0 Å². The molecule has 1 aliphatic rings. The summed E-state index contributed by atoms with van der Waals surface area (Å²) in [4.78, 5) is 38.9. The Labute approximate surface area is 169 Å². The standard InChI is InChI=1S/C16H18N10O4/c1-8(28)19-10(14(30)20-11(7-27)13(17)29)6-16(22-23-18)9-4-2-3-5-12(9)26-15(16)21-24-25-26/h2-5,10-11,27H,6-7H2,1H3,(H2,17,29)(H,19,28)(H,20,30)/t10-,11-,16?/m0/s1. The molecule has 156 valence electrons. The minimum Gasteiger partial charge on any atom is -0.394 e. The van der Waals surface area contributed by atoms with Crippen molar-refractivity contribution in [2.45, 2.75) is 31.0 Å². The Balaban J connectivity index is 2.05. The normalized spacial score (nSPS) is 18.3. The van der Waals surface area contributed by atoms with E-state index < -0.39 is 42.0 Å². The summed E-state index contributed by atoms with van der Waals surface area (Å²) in [6.45, 7) is 0.473. The molecule has 0 fully saturated rings. The van der Waals surface area contributed by atoms with Gasteiger partial charge in [-0.1, -0.05) is 23.3 Å². The molecule has 14 heteroatoms. The zero-order valence-corrected chi connectivity index (χ0v) is 15.8. The summed E-state index contributed by atoms with van der Waals surface area (Å²) < 4.78 is 1.38. The van der Waals surface area contributed by atoms with Gasteiger partial charge >= 0.3 is 0 Å². The second kappa shape index (κ2) is 8.14. The molecule has 3 amide bonds. The highest BCUT2D eigenvalue weighted by molar-refractivity contribution is 5.91. The maximum absolute atomic E-state index is 12.8. The molecule has 1 aliphatic heterocycles. The van der Waals surface area contributed by atoms with E-state index in [1.54, 1.807) is 24.3 Å². The van der Waals surface area contributed by atoms with E-state index in [2.05, 4.69) is 36.2 Å². The van der Waals surface area contributed by atoms with E-state index in [0.717, 1.165) is 0 Å². The number of aliphatic hydroxyl groups is 1. The molecule has 5 N–H and O–H groups in total. The summed E-state index contributed by atoms with van der Waals surface area (Å²) in [6.07, 6.45) is -0.253. The molecule has 1 aromatic carbocycles. The highest BCUT2D eigenvalue weighted by Gasteiger charge is 2.49. The molecule has 2 aromatic rings. The van der Waals surface area contributed by atoms with Crippen molar-refractivity contribution in [1.82, 2.24) is 30.8 Å². The first-order chi connectivity index (χ1) is 14.3. The second-order valence-corrected chi connectivity index (χ2v) is 6.58. The van der Waals surface area contributed by atoms with Crippen LogP contribution >= 0.6 is 0 Å². The molecule has 0 spiro atoms. The fourth-order valence-corrected chi connectivity index (χ4v) is 3.38. The predicted molar refractivity (Wildman–Crippen MR) is 99.5 cm³/mol. The van der Waals surface area contributed by atoms with Crippen LogP contribution in [0.3, 0.4) is 0 Å². The van der Waals surface area contributed by atoms with Crippen molar-refractivity contribution in [1.29, 1.82) is 0 Å². The summed E-state index contributed by atoms with van der Waals surface area (Å²) in [5, 5.41) is 29.4. The molecule has 1 aromatic heterocycles. The number of para-hydroxylation sites is 1. The van der Waals surface area contributed by atoms with Crippen LogP contribution in [0.1, 0.15) is 24.7 Å². The third-order valence-electron chi connectivity index (χ3n) is 4.67. The number of carbonyl (C=O) groups excluding carboxylic acids is 3. The third-order valence-corrected chi connectivity index (χ3v) is 4.67. The number of hydrogen-bond donors (Lipinski definition) is 4. The van der Waals surface area contributed by atoms with Gasteiger partial charge in [0.2, 0.25) is 17.7 Å². The minimum absolute atomic E-state index is 0.165. The van der Waals surface area contributed by atoms with Crippen molar-refractivity contribution in [3.05, 3.63) is 46.1 Å². The molecule has 0 radical (unpaired) electrons. The van der Waals surface area contributed by atoms with E-state index in [-0.39, 0.29) is 12.2 Å². The average Bonchev–Trinajstić information content (AvgIpc) is 3.28. The van der Waals surface area contributed by atoms with Gasteiger partial charge in [-0.15, -0.1) is 5.10 Å². The van der Waals surface area contributed by atoms with Crippen LogP contribution in [-0.2, 0) is 19.9 Å². The van der Waals surface area contributed by atoms with Gasteiger partial charge in [0, 0.05) is 11.8 Å². The smallest absolute Gasteiger partial charge is 0.243 e. The number of nitrogens with zero attached hydrogens (tertiary/aromatic N) is 7. The lowest BCUT2D eigenvalue weighted by Crippen LogP contribution is -2.55. The van der Waals surface area contributed by atoms with Crippen molar-refractivity contribution in [2.75, 3.05) is 6.61 Å². The van der Waals surface area contributed by atoms with Crippen LogP contribution in [-0.4, -0.2) is 61.7 Å². The largest absolute Gasteiger partial charge is 0.394 e. The van der Waals surface area contributed by atoms with Gasteiger partial charge in [-0.2, -0.15) is 4.68 Å². The molecule has 0 saturated carbocycles. The zero-order chi connectivity index (χ0) is 21.9. The lowest BCUT2D eigenvalue weighted by atomic mass is 9.84. The zero-order valence-electron chi connectivity index (χ0n) is 15.8. The molecule has 3 rings (SSSR count). The van der Waals surface area contributed by atoms with E-state index >= 15 is 0 Å². The fraction of sp³-hybridized carbons (Fsp3) is 0.375. The molecule has 0 saturated heterocycles. The van der Waals surface area contributed by atoms with Crippen LogP contribution in [0.25, 0.3) is 16.1 Å². The lowest BCUT2D eigenvalue weighted by molar-refractivity contribution is -0.131. The Morgan fingerprint density at radius 1 is 1.33 bits per heavy atom. The van der Waals surface area contributed by atoms with Gasteiger partial charge in [0.25, 0.3) is 0 Å². The van der Waals surface area contributed by atoms with Gasteiger partial charge in [-0.05, 0) is 34.0 Å². The van der Waals surface area contributed by atoms with Gasteiger partial charge in [0.1, 0.15) is 17.6 Å². The second-order valence-electron chi connectivity index (χ2n) is 6.58. The Morgan fingerprint density at radius 3 is 2.70 bits per heavy atom. The number of nitrogens with one attached hydrogen (secondary N) is 2. The monoisotopic (exact) mass is 414 g/mol. The van der Waals surface area contributed by atoms with Crippen LogP contribution in [0.4, 0.5) is 0 Å². The molecule has 0 bridgehead atoms. The summed E-state index contributed by atoms with van der Waals surface area (Å²) in [5.74, 6) is -2.14. The summed E-state index contributed by atoms with van der Waals surface area (Å²) in [5.41, 5.74) is 14.0. The third kappa shape index (κ3) is 3.52. The van der Waals surface area contributed by atoms with Crippen molar-refractivity contribution < 1.29 is 19.5 Å². The lowest BCUT2D eigenvalue weighted by Gasteiger charge is -2.28. The van der Waals surface area contributed by atoms with Gasteiger partial charge in [-0.3, -0.25) is 14.4 Å². The van der Waals surface area contributed by atoms with E-state index in [1.165, 1.54) is 11.6 Å². The highest BCUT2D eigenvalue weighted by atomic mass is 16.3. The number of nitrogens with two attached hydrogens (primary N) is 1. The summed E-state index contributed by atoms with van der Waals surface area (Å²) in [6, 6.07) is 4.23. The Morgan fingerprint density at radius 2 is 2.07 bits per heavy atom. The molecule has 3 atom stereocenters. The summed E-state index contributed by atoms with van der Waals surface area (Å²) >= 11 is 0. The Hall–Kier alpha value is -4.03. The quantitative estimate of drug-likeness (QED) is 0.225. The molecule has 14 nitrogen and oxygen atoms in total. The number of aliphatic hydroxyl groups excluding tert-OH is 1. The fourth-order valence-electron chi connectivity index (χ4n) is 3.38. The number of aromatic nitrogens is 4. The Bertz CT molecular complexity index is 1050. The molecular formula is C16H18N10O4. The number of fused-ring (bicyclic) bond motifs is 3. The predicted octanol–water partition coefficient (Wildman–Crippen LogP) is -1.61. The maximum atomic E-state index is 12.8. The van der Waals surface area contributed by atoms with Crippen LogP contribution in [0.15, 0.2) is 29.4 Å². The van der Waals surface area contributed by atoms with Crippen molar-refractivity contribution in [3.63, 3.8) is 0 Å². The molecule has 0 aliphatic carbocycles. The van der Waals surface area contributed by atoms with Crippen LogP contribution in [0.5, 0.6) is 0 Å². The van der Waals surface area contributed by atoms with Gasteiger partial charge in [-0.25, -0.2) is 0 Å². The number of primary amides is 1. The first-order valence-corrected chi connectivity index (χ1v) is 8.76. The number of amides is 3. The topological polar surface area (TPSA) is 214 Å². The SMILES string of the molecule is CC(=O)N[C@@H](CC1(N=[N+]=[N-])c2ccccc2-n2nnnc21)C(=O)N[C@@H](CO)C(N)=O. The molecule has 30 heavy (non-hydrogen) atoms. The van der Waals surface area contributed by atoms with Gasteiger partial charge < -0.3 is 21.5 Å². The van der Waals surface area contributed by atoms with Crippen molar-refractivity contribution in [3.8, 4) is 5.69 Å². The highest BCUT2D eigenvalue weighted by Crippen LogP contribution is 2.45. The number of rotatable bonds is 8. The average molecular weight is 414 g/mol.